The maximum atomic E-state index is 5.76. The van der Waals surface area contributed by atoms with Gasteiger partial charge in [-0.15, -0.1) is 0 Å². The Kier molecular flexibility index (Phi) is 5.62. The summed E-state index contributed by atoms with van der Waals surface area (Å²) in [4.78, 5) is 0. The van der Waals surface area contributed by atoms with Crippen molar-refractivity contribution in [1.29, 1.82) is 0 Å². The Morgan fingerprint density at radius 2 is 1.12 bits per heavy atom. The van der Waals surface area contributed by atoms with E-state index in [1.807, 2.05) is 24.3 Å². The minimum Gasteiger partial charge on any atom is -0.486 e. The Balaban J connectivity index is 1.88. The maximum Gasteiger partial charge on any atom is 0.145 e. The lowest BCUT2D eigenvalue weighted by atomic mass is 9.87. The monoisotopic (exact) mass is 338 g/mol. The molecule has 0 spiro atoms. The van der Waals surface area contributed by atoms with Gasteiger partial charge in [-0.25, -0.2) is 0 Å². The average Bonchev–Trinajstić information content (AvgIpc) is 2.52. The fourth-order valence-corrected chi connectivity index (χ4v) is 2.43. The van der Waals surface area contributed by atoms with Gasteiger partial charge in [-0.2, -0.15) is 0 Å². The molecule has 0 fully saturated rings. The molecule has 0 N–H and O–H groups in total. The molecular formula is C23H30O2. The van der Waals surface area contributed by atoms with Gasteiger partial charge in [0.05, 0.1) is 0 Å². The molecule has 0 unspecified atom stereocenters. The first-order chi connectivity index (χ1) is 11.6. The van der Waals surface area contributed by atoms with Crippen LogP contribution in [0.3, 0.4) is 0 Å². The first kappa shape index (κ1) is 19.1. The number of ether oxygens (including phenoxy) is 2. The average molecular weight is 338 g/mol. The van der Waals surface area contributed by atoms with Gasteiger partial charge >= 0.3 is 0 Å². The molecule has 0 heterocycles. The van der Waals surface area contributed by atoms with E-state index in [2.05, 4.69) is 72.4 Å². The van der Waals surface area contributed by atoms with Crippen molar-refractivity contribution in [1.82, 2.24) is 0 Å². The topological polar surface area (TPSA) is 18.5 Å². The Bertz CT molecular complexity index is 696. The van der Waals surface area contributed by atoms with Gasteiger partial charge in [-0.3, -0.25) is 0 Å². The van der Waals surface area contributed by atoms with Crippen molar-refractivity contribution in [2.75, 3.05) is 6.61 Å². The van der Waals surface area contributed by atoms with Gasteiger partial charge in [0.1, 0.15) is 23.9 Å². The second-order valence-corrected chi connectivity index (χ2v) is 8.48. The van der Waals surface area contributed by atoms with Crippen LogP contribution in [0.15, 0.2) is 60.9 Å². The molecule has 2 heteroatoms. The molecule has 0 amide bonds. The fourth-order valence-electron chi connectivity index (χ4n) is 2.43. The maximum absolute atomic E-state index is 5.76. The van der Waals surface area contributed by atoms with Crippen molar-refractivity contribution in [3.8, 4) is 11.5 Å². The van der Waals surface area contributed by atoms with E-state index in [4.69, 9.17) is 9.47 Å². The van der Waals surface area contributed by atoms with Gasteiger partial charge in [0.2, 0.25) is 0 Å². The van der Waals surface area contributed by atoms with Gasteiger partial charge in [0.25, 0.3) is 0 Å². The summed E-state index contributed by atoms with van der Waals surface area (Å²) in [6, 6.07) is 16.3. The van der Waals surface area contributed by atoms with Crippen LogP contribution in [0.4, 0.5) is 0 Å². The van der Waals surface area contributed by atoms with Crippen LogP contribution in [0, 0.1) is 0 Å². The molecule has 25 heavy (non-hydrogen) atoms. The summed E-state index contributed by atoms with van der Waals surface area (Å²) in [7, 11) is 0. The standard InChI is InChI=1S/C23H30O2/c1-17(25-21-14-10-19(11-15-21)23(5,6)7)16-24-20-12-8-18(9-13-20)22(2,3)4/h8-15H,1,16H2,2-7H3. The van der Waals surface area contributed by atoms with Crippen molar-refractivity contribution >= 4 is 0 Å². The number of benzene rings is 2. The van der Waals surface area contributed by atoms with Crippen LogP contribution in [-0.2, 0) is 10.8 Å². The first-order valence-electron chi connectivity index (χ1n) is 8.75. The minimum atomic E-state index is 0.137. The van der Waals surface area contributed by atoms with E-state index >= 15 is 0 Å². The molecule has 0 radical (unpaired) electrons. The first-order valence-corrected chi connectivity index (χ1v) is 8.75. The second kappa shape index (κ2) is 7.35. The van der Waals surface area contributed by atoms with E-state index in [1.54, 1.807) is 0 Å². The third-order valence-corrected chi connectivity index (χ3v) is 4.10. The molecule has 2 rings (SSSR count). The zero-order valence-corrected chi connectivity index (χ0v) is 16.3. The molecular weight excluding hydrogens is 308 g/mol. The van der Waals surface area contributed by atoms with Crippen LogP contribution in [0.2, 0.25) is 0 Å². The van der Waals surface area contributed by atoms with Crippen LogP contribution in [0.25, 0.3) is 0 Å². The van der Waals surface area contributed by atoms with Gasteiger partial charge in [-0.05, 0) is 46.2 Å². The largest absolute Gasteiger partial charge is 0.486 e. The summed E-state index contributed by atoms with van der Waals surface area (Å²) in [5.74, 6) is 2.19. The molecule has 2 nitrogen and oxygen atoms in total. The number of hydrogen-bond donors (Lipinski definition) is 0. The zero-order chi connectivity index (χ0) is 18.7. The van der Waals surface area contributed by atoms with E-state index in [0.29, 0.717) is 12.4 Å². The Morgan fingerprint density at radius 1 is 0.720 bits per heavy atom. The molecule has 2 aromatic carbocycles. The third kappa shape index (κ3) is 5.67. The predicted molar refractivity (Wildman–Crippen MR) is 106 cm³/mol. The Hall–Kier alpha value is -2.22. The fraction of sp³-hybridized carbons (Fsp3) is 0.391. The normalized spacial score (nSPS) is 11.9. The van der Waals surface area contributed by atoms with Gasteiger partial charge in [-0.1, -0.05) is 72.4 Å². The SMILES string of the molecule is C=C(COc1ccc(C(C)(C)C)cc1)Oc1ccc(C(C)(C)C)cc1. The van der Waals surface area contributed by atoms with E-state index in [9.17, 15) is 0 Å². The highest BCUT2D eigenvalue weighted by Crippen LogP contribution is 2.26. The minimum absolute atomic E-state index is 0.137. The van der Waals surface area contributed by atoms with Crippen molar-refractivity contribution in [3.05, 3.63) is 72.0 Å². The smallest absolute Gasteiger partial charge is 0.145 e. The third-order valence-electron chi connectivity index (χ3n) is 4.10. The molecule has 0 aliphatic rings. The van der Waals surface area contributed by atoms with Crippen LogP contribution >= 0.6 is 0 Å². The molecule has 0 atom stereocenters. The van der Waals surface area contributed by atoms with Crippen molar-refractivity contribution in [3.63, 3.8) is 0 Å². The van der Waals surface area contributed by atoms with Crippen molar-refractivity contribution in [2.24, 2.45) is 0 Å². The van der Waals surface area contributed by atoms with Crippen LogP contribution in [-0.4, -0.2) is 6.61 Å². The van der Waals surface area contributed by atoms with E-state index in [-0.39, 0.29) is 10.8 Å². The van der Waals surface area contributed by atoms with Crippen LogP contribution < -0.4 is 9.47 Å². The second-order valence-electron chi connectivity index (χ2n) is 8.48. The lowest BCUT2D eigenvalue weighted by Crippen LogP contribution is -2.11. The lowest BCUT2D eigenvalue weighted by Gasteiger charge is -2.20. The summed E-state index contributed by atoms with van der Waals surface area (Å²) < 4.78 is 11.5. The van der Waals surface area contributed by atoms with Gasteiger partial charge in [0.15, 0.2) is 0 Å². The van der Waals surface area contributed by atoms with E-state index in [1.165, 1.54) is 11.1 Å². The molecule has 0 saturated heterocycles. The highest BCUT2D eigenvalue weighted by Gasteiger charge is 2.14. The van der Waals surface area contributed by atoms with E-state index < -0.39 is 0 Å². The molecule has 2 aromatic rings. The molecule has 0 saturated carbocycles. The summed E-state index contributed by atoms with van der Waals surface area (Å²) in [5, 5.41) is 0. The van der Waals surface area contributed by atoms with Crippen LogP contribution in [0.5, 0.6) is 11.5 Å². The van der Waals surface area contributed by atoms with Gasteiger partial charge in [0, 0.05) is 0 Å². The number of hydrogen-bond acceptors (Lipinski definition) is 2. The molecule has 0 aromatic heterocycles. The summed E-state index contributed by atoms with van der Waals surface area (Å²) in [6.07, 6.45) is 0. The molecule has 0 aliphatic carbocycles. The number of rotatable bonds is 5. The molecule has 0 aliphatic heterocycles. The summed E-state index contributed by atoms with van der Waals surface area (Å²) >= 11 is 0. The lowest BCUT2D eigenvalue weighted by molar-refractivity contribution is 0.281. The van der Waals surface area contributed by atoms with E-state index in [0.717, 1.165) is 11.5 Å². The Labute approximate surface area is 152 Å². The van der Waals surface area contributed by atoms with Crippen LogP contribution in [0.1, 0.15) is 52.7 Å². The van der Waals surface area contributed by atoms with Crippen molar-refractivity contribution < 1.29 is 9.47 Å². The van der Waals surface area contributed by atoms with Crippen molar-refractivity contribution in [2.45, 2.75) is 52.4 Å². The van der Waals surface area contributed by atoms with Gasteiger partial charge < -0.3 is 9.47 Å². The highest BCUT2D eigenvalue weighted by atomic mass is 16.5. The molecule has 0 bridgehead atoms. The zero-order valence-electron chi connectivity index (χ0n) is 16.3. The summed E-state index contributed by atoms with van der Waals surface area (Å²) in [5.41, 5.74) is 2.84. The predicted octanol–water partition coefficient (Wildman–Crippen LogP) is 6.25. The quantitative estimate of drug-likeness (QED) is 0.600. The molecule has 134 valence electrons. The highest BCUT2D eigenvalue weighted by molar-refractivity contribution is 5.33. The Morgan fingerprint density at radius 3 is 1.52 bits per heavy atom. The summed E-state index contributed by atoms with van der Waals surface area (Å²) in [6.45, 7) is 17.5.